The highest BCUT2D eigenvalue weighted by molar-refractivity contribution is 5.89. The van der Waals surface area contributed by atoms with E-state index in [1.54, 1.807) is 47.6 Å². The van der Waals surface area contributed by atoms with Gasteiger partial charge in [-0.1, -0.05) is 12.1 Å². The number of alkyl halides is 3. The summed E-state index contributed by atoms with van der Waals surface area (Å²) in [4.78, 5) is 18.4. The van der Waals surface area contributed by atoms with E-state index in [0.717, 1.165) is 32.2 Å². The second-order valence-corrected chi connectivity index (χ2v) is 9.05. The van der Waals surface area contributed by atoms with Crippen LogP contribution in [0, 0.1) is 5.92 Å². The van der Waals surface area contributed by atoms with E-state index in [9.17, 15) is 18.0 Å². The molecule has 0 radical (unpaired) electrons. The van der Waals surface area contributed by atoms with Crippen LogP contribution in [-0.2, 0) is 4.74 Å². The van der Waals surface area contributed by atoms with E-state index in [-0.39, 0.29) is 11.8 Å². The molecule has 8 nitrogen and oxygen atoms in total. The number of hydrogen-bond donors (Lipinski definition) is 1. The van der Waals surface area contributed by atoms with Gasteiger partial charge in [0.2, 0.25) is 0 Å². The number of nitrogens with zero attached hydrogens (tertiary/aromatic N) is 4. The van der Waals surface area contributed by atoms with Gasteiger partial charge in [-0.2, -0.15) is 5.10 Å². The van der Waals surface area contributed by atoms with Crippen LogP contribution >= 0.6 is 0 Å². The molecule has 0 atom stereocenters. The van der Waals surface area contributed by atoms with Crippen molar-refractivity contribution in [3.63, 3.8) is 0 Å². The summed E-state index contributed by atoms with van der Waals surface area (Å²) in [6.45, 7) is 1.20. The third kappa shape index (κ3) is 5.50. The van der Waals surface area contributed by atoms with Gasteiger partial charge in [0.25, 0.3) is 0 Å². The van der Waals surface area contributed by atoms with Crippen molar-refractivity contribution in [3.8, 4) is 16.9 Å². The van der Waals surface area contributed by atoms with Crippen LogP contribution in [0.1, 0.15) is 25.7 Å². The van der Waals surface area contributed by atoms with Crippen molar-refractivity contribution in [3.05, 3.63) is 60.9 Å². The number of carbonyl (C=O) groups excluding carboxylic acids is 1. The first-order valence-electron chi connectivity index (χ1n) is 11.6. The smallest absolute Gasteiger partial charge is 0.441 e. The van der Waals surface area contributed by atoms with Crippen LogP contribution < -0.4 is 15.0 Å². The molecule has 2 fully saturated rings. The van der Waals surface area contributed by atoms with E-state index < -0.39 is 12.0 Å². The van der Waals surface area contributed by atoms with Crippen molar-refractivity contribution < 1.29 is 27.4 Å². The zero-order valence-electron chi connectivity index (χ0n) is 19.2. The number of nitrogens with one attached hydrogen (secondary N) is 1. The number of amides is 1. The number of carbonyl (C=O) groups is 1. The third-order valence-electron chi connectivity index (χ3n) is 6.56. The predicted molar refractivity (Wildman–Crippen MR) is 125 cm³/mol. The zero-order chi connectivity index (χ0) is 25.2. The monoisotopic (exact) mass is 499 g/mol. The number of hydrogen-bond acceptors (Lipinski definition) is 7. The molecule has 3 aromatic rings. The molecule has 2 aromatic heterocycles. The van der Waals surface area contributed by atoms with Gasteiger partial charge in [0.1, 0.15) is 17.2 Å². The molecule has 1 saturated heterocycles. The summed E-state index contributed by atoms with van der Waals surface area (Å²) in [5.41, 5.74) is 0.772. The molecule has 36 heavy (non-hydrogen) atoms. The first kappa shape index (κ1) is 23.8. The Hall–Kier alpha value is -3.89. The van der Waals surface area contributed by atoms with E-state index in [0.29, 0.717) is 35.2 Å². The van der Waals surface area contributed by atoms with Gasteiger partial charge in [-0.3, -0.25) is 4.90 Å². The molecule has 1 spiro atoms. The SMILES string of the molecule is O=C1O[C@]2(CC[C@H](CNc3ccc(-c4cccc(OC(F)(F)F)c4)cn3)CC2)CN1c1cccnn1. The summed E-state index contributed by atoms with van der Waals surface area (Å²) in [6, 6.07) is 12.9. The Kier molecular flexibility index (Phi) is 6.38. The summed E-state index contributed by atoms with van der Waals surface area (Å²) < 4.78 is 47.2. The van der Waals surface area contributed by atoms with Crippen LogP contribution in [-0.4, -0.2) is 46.3 Å². The van der Waals surface area contributed by atoms with Crippen LogP contribution in [0.3, 0.4) is 0 Å². The van der Waals surface area contributed by atoms with Crippen molar-refractivity contribution in [1.82, 2.24) is 15.2 Å². The average Bonchev–Trinajstić information content (AvgIpc) is 3.19. The van der Waals surface area contributed by atoms with Crippen LogP contribution in [0.25, 0.3) is 11.1 Å². The summed E-state index contributed by atoms with van der Waals surface area (Å²) in [6.07, 6.45) is 1.40. The molecule has 2 aliphatic rings. The fourth-order valence-corrected chi connectivity index (χ4v) is 4.70. The van der Waals surface area contributed by atoms with Gasteiger partial charge in [-0.05, 0) is 73.6 Å². The molecule has 0 bridgehead atoms. The fraction of sp³-hybridized carbons (Fsp3) is 0.360. The fourth-order valence-electron chi connectivity index (χ4n) is 4.70. The predicted octanol–water partition coefficient (Wildman–Crippen LogP) is 5.43. The summed E-state index contributed by atoms with van der Waals surface area (Å²) >= 11 is 0. The van der Waals surface area contributed by atoms with Crippen LogP contribution in [0.4, 0.5) is 29.6 Å². The highest BCUT2D eigenvalue weighted by atomic mass is 19.4. The molecular formula is C25H24F3N5O3. The van der Waals surface area contributed by atoms with E-state index >= 15 is 0 Å². The molecule has 11 heteroatoms. The maximum Gasteiger partial charge on any atom is 0.573 e. The van der Waals surface area contributed by atoms with Crippen molar-refractivity contribution >= 4 is 17.7 Å². The molecule has 1 N–H and O–H groups in total. The van der Waals surface area contributed by atoms with Crippen LogP contribution in [0.15, 0.2) is 60.9 Å². The Balaban J connectivity index is 1.13. The number of pyridine rings is 1. The largest absolute Gasteiger partial charge is 0.573 e. The maximum atomic E-state index is 12.5. The Morgan fingerprint density at radius 3 is 2.64 bits per heavy atom. The van der Waals surface area contributed by atoms with Crippen molar-refractivity contribution in [2.75, 3.05) is 23.3 Å². The second-order valence-electron chi connectivity index (χ2n) is 9.05. The molecule has 1 saturated carbocycles. The lowest BCUT2D eigenvalue weighted by Crippen LogP contribution is -2.39. The van der Waals surface area contributed by atoms with Gasteiger partial charge < -0.3 is 14.8 Å². The molecule has 1 aromatic carbocycles. The first-order chi connectivity index (χ1) is 17.3. The Bertz CT molecular complexity index is 1200. The molecule has 1 aliphatic carbocycles. The molecule has 0 unspecified atom stereocenters. The van der Waals surface area contributed by atoms with Crippen molar-refractivity contribution in [2.24, 2.45) is 5.92 Å². The standard InChI is InChI=1S/C25H24F3N5O3/c26-25(27,28)35-20-4-1-3-18(13-20)19-6-7-21(30-15-19)29-14-17-8-10-24(11-9-17)16-33(23(34)36-24)22-5-2-12-31-32-22/h1-7,12-13,15,17H,8-11,14,16H2,(H,29,30)/t17-,24-. The van der Waals surface area contributed by atoms with Crippen molar-refractivity contribution in [1.29, 1.82) is 0 Å². The Morgan fingerprint density at radius 2 is 1.94 bits per heavy atom. The Labute approximate surface area is 205 Å². The molecule has 3 heterocycles. The normalized spacial score (nSPS) is 21.9. The first-order valence-corrected chi connectivity index (χ1v) is 11.6. The van der Waals surface area contributed by atoms with E-state index in [1.807, 2.05) is 0 Å². The second kappa shape index (κ2) is 9.63. The van der Waals surface area contributed by atoms with Gasteiger partial charge in [0, 0.05) is 24.5 Å². The number of anilines is 2. The number of ether oxygens (including phenoxy) is 2. The van der Waals surface area contributed by atoms with Gasteiger partial charge in [-0.15, -0.1) is 18.3 Å². The van der Waals surface area contributed by atoms with Crippen LogP contribution in [0.2, 0.25) is 0 Å². The average molecular weight is 499 g/mol. The molecule has 1 amide bonds. The minimum absolute atomic E-state index is 0.273. The summed E-state index contributed by atoms with van der Waals surface area (Å²) in [7, 11) is 0. The number of benzene rings is 1. The van der Waals surface area contributed by atoms with E-state index in [2.05, 4.69) is 25.2 Å². The van der Waals surface area contributed by atoms with Gasteiger partial charge in [-0.25, -0.2) is 9.78 Å². The van der Waals surface area contributed by atoms with Crippen LogP contribution in [0.5, 0.6) is 5.75 Å². The van der Waals surface area contributed by atoms with Gasteiger partial charge in [0.05, 0.1) is 6.54 Å². The number of halogens is 3. The van der Waals surface area contributed by atoms with Crippen molar-refractivity contribution in [2.45, 2.75) is 37.6 Å². The molecule has 188 valence electrons. The minimum atomic E-state index is -4.74. The summed E-state index contributed by atoms with van der Waals surface area (Å²) in [5, 5.41) is 11.2. The minimum Gasteiger partial charge on any atom is -0.441 e. The number of rotatable bonds is 6. The lowest BCUT2D eigenvalue weighted by molar-refractivity contribution is -0.274. The van der Waals surface area contributed by atoms with Gasteiger partial charge in [0.15, 0.2) is 5.82 Å². The lowest BCUT2D eigenvalue weighted by atomic mass is 9.78. The third-order valence-corrected chi connectivity index (χ3v) is 6.56. The van der Waals surface area contributed by atoms with Gasteiger partial charge >= 0.3 is 12.5 Å². The Morgan fingerprint density at radius 1 is 1.11 bits per heavy atom. The summed E-state index contributed by atoms with van der Waals surface area (Å²) in [5.74, 6) is 1.31. The number of aromatic nitrogens is 3. The van der Waals surface area contributed by atoms with E-state index in [1.165, 1.54) is 18.2 Å². The quantitative estimate of drug-likeness (QED) is 0.483. The molecular weight excluding hydrogens is 475 g/mol. The lowest BCUT2D eigenvalue weighted by Gasteiger charge is -2.35. The highest BCUT2D eigenvalue weighted by Gasteiger charge is 2.48. The molecule has 5 rings (SSSR count). The zero-order valence-corrected chi connectivity index (χ0v) is 19.2. The molecule has 1 aliphatic heterocycles. The maximum absolute atomic E-state index is 12.5. The topological polar surface area (TPSA) is 89.5 Å². The highest BCUT2D eigenvalue weighted by Crippen LogP contribution is 2.40. The van der Waals surface area contributed by atoms with E-state index in [4.69, 9.17) is 4.74 Å².